The SMILES string of the molecule is Cc1ccc(Oc2cccc(Cl)c2)c(CN)c1. The number of ether oxygens (including phenoxy) is 1. The average Bonchev–Trinajstić information content (AvgIpc) is 2.31. The summed E-state index contributed by atoms with van der Waals surface area (Å²) in [6.07, 6.45) is 0. The van der Waals surface area contributed by atoms with E-state index in [4.69, 9.17) is 22.1 Å². The molecule has 0 unspecified atom stereocenters. The van der Waals surface area contributed by atoms with Gasteiger partial charge in [0.2, 0.25) is 0 Å². The summed E-state index contributed by atoms with van der Waals surface area (Å²) in [4.78, 5) is 0. The van der Waals surface area contributed by atoms with Crippen LogP contribution in [0, 0.1) is 6.92 Å². The summed E-state index contributed by atoms with van der Waals surface area (Å²) < 4.78 is 5.77. The molecule has 17 heavy (non-hydrogen) atoms. The van der Waals surface area contributed by atoms with Crippen molar-refractivity contribution in [1.82, 2.24) is 0 Å². The second-order valence-corrected chi connectivity index (χ2v) is 4.31. The van der Waals surface area contributed by atoms with Crippen molar-refractivity contribution >= 4 is 11.6 Å². The van der Waals surface area contributed by atoms with E-state index in [0.29, 0.717) is 11.6 Å². The minimum atomic E-state index is 0.456. The molecule has 2 nitrogen and oxygen atoms in total. The summed E-state index contributed by atoms with van der Waals surface area (Å²) in [7, 11) is 0. The molecule has 0 aliphatic rings. The van der Waals surface area contributed by atoms with Gasteiger partial charge in [0.1, 0.15) is 11.5 Å². The summed E-state index contributed by atoms with van der Waals surface area (Å²) >= 11 is 5.91. The van der Waals surface area contributed by atoms with E-state index in [-0.39, 0.29) is 0 Å². The quantitative estimate of drug-likeness (QED) is 0.893. The van der Waals surface area contributed by atoms with Crippen LogP contribution in [0.15, 0.2) is 42.5 Å². The number of hydrogen-bond donors (Lipinski definition) is 1. The van der Waals surface area contributed by atoms with Gasteiger partial charge in [-0.3, -0.25) is 0 Å². The first kappa shape index (κ1) is 12.0. The van der Waals surface area contributed by atoms with Crippen molar-refractivity contribution in [2.75, 3.05) is 0 Å². The highest BCUT2D eigenvalue weighted by Crippen LogP contribution is 2.27. The van der Waals surface area contributed by atoms with Gasteiger partial charge in [0.25, 0.3) is 0 Å². The van der Waals surface area contributed by atoms with Crippen molar-refractivity contribution in [3.8, 4) is 11.5 Å². The van der Waals surface area contributed by atoms with Crippen molar-refractivity contribution < 1.29 is 4.74 Å². The van der Waals surface area contributed by atoms with Crippen molar-refractivity contribution in [3.05, 3.63) is 58.6 Å². The van der Waals surface area contributed by atoms with Gasteiger partial charge in [-0.2, -0.15) is 0 Å². The highest BCUT2D eigenvalue weighted by atomic mass is 35.5. The number of hydrogen-bond acceptors (Lipinski definition) is 2. The smallest absolute Gasteiger partial charge is 0.131 e. The second kappa shape index (κ2) is 5.21. The van der Waals surface area contributed by atoms with Crippen LogP contribution in [0.25, 0.3) is 0 Å². The monoisotopic (exact) mass is 247 g/mol. The van der Waals surface area contributed by atoms with Gasteiger partial charge in [0, 0.05) is 17.1 Å². The zero-order valence-corrected chi connectivity index (χ0v) is 10.4. The molecule has 2 aromatic rings. The molecule has 0 bridgehead atoms. The topological polar surface area (TPSA) is 35.2 Å². The van der Waals surface area contributed by atoms with Gasteiger partial charge in [-0.05, 0) is 31.2 Å². The van der Waals surface area contributed by atoms with Crippen molar-refractivity contribution in [3.63, 3.8) is 0 Å². The highest BCUT2D eigenvalue weighted by Gasteiger charge is 2.04. The molecule has 0 fully saturated rings. The van der Waals surface area contributed by atoms with Crippen LogP contribution >= 0.6 is 11.6 Å². The van der Waals surface area contributed by atoms with Crippen LogP contribution in [0.2, 0.25) is 5.02 Å². The Bertz CT molecular complexity index is 525. The van der Waals surface area contributed by atoms with Crippen molar-refractivity contribution in [2.24, 2.45) is 5.73 Å². The Labute approximate surface area is 106 Å². The molecule has 88 valence electrons. The van der Waals surface area contributed by atoms with Crippen LogP contribution in [-0.4, -0.2) is 0 Å². The Balaban J connectivity index is 2.29. The predicted molar refractivity (Wildman–Crippen MR) is 70.6 cm³/mol. The van der Waals surface area contributed by atoms with Gasteiger partial charge in [0.15, 0.2) is 0 Å². The summed E-state index contributed by atoms with van der Waals surface area (Å²) in [6.45, 7) is 2.49. The van der Waals surface area contributed by atoms with Gasteiger partial charge < -0.3 is 10.5 Å². The van der Waals surface area contributed by atoms with Gasteiger partial charge >= 0.3 is 0 Å². The Kier molecular flexibility index (Phi) is 3.67. The Morgan fingerprint density at radius 3 is 2.71 bits per heavy atom. The number of halogens is 1. The Hall–Kier alpha value is -1.51. The normalized spacial score (nSPS) is 10.3. The highest BCUT2D eigenvalue weighted by molar-refractivity contribution is 6.30. The zero-order chi connectivity index (χ0) is 12.3. The molecule has 3 heteroatoms. The fourth-order valence-corrected chi connectivity index (χ4v) is 1.81. The molecule has 0 aliphatic carbocycles. The summed E-state index contributed by atoms with van der Waals surface area (Å²) in [6, 6.07) is 13.3. The van der Waals surface area contributed by atoms with Gasteiger partial charge in [-0.15, -0.1) is 0 Å². The third-order valence-corrected chi connectivity index (χ3v) is 2.69. The molecular formula is C14H14ClNO. The minimum Gasteiger partial charge on any atom is -0.457 e. The third kappa shape index (κ3) is 2.99. The lowest BCUT2D eigenvalue weighted by Gasteiger charge is -2.10. The summed E-state index contributed by atoms with van der Waals surface area (Å²) in [5.74, 6) is 1.50. The van der Waals surface area contributed by atoms with E-state index < -0.39 is 0 Å². The van der Waals surface area contributed by atoms with Gasteiger partial charge in [-0.1, -0.05) is 35.4 Å². The summed E-state index contributed by atoms with van der Waals surface area (Å²) in [5.41, 5.74) is 7.86. The van der Waals surface area contributed by atoms with Crippen LogP contribution in [-0.2, 0) is 6.54 Å². The maximum Gasteiger partial charge on any atom is 0.131 e. The average molecular weight is 248 g/mol. The third-order valence-electron chi connectivity index (χ3n) is 2.46. The van der Waals surface area contributed by atoms with E-state index in [1.54, 1.807) is 6.07 Å². The van der Waals surface area contributed by atoms with E-state index in [1.165, 1.54) is 5.56 Å². The molecule has 0 aliphatic heterocycles. The van der Waals surface area contributed by atoms with E-state index in [9.17, 15) is 0 Å². The summed E-state index contributed by atoms with van der Waals surface area (Å²) in [5, 5.41) is 0.656. The first-order valence-electron chi connectivity index (χ1n) is 5.42. The van der Waals surface area contributed by atoms with E-state index >= 15 is 0 Å². The van der Waals surface area contributed by atoms with Crippen molar-refractivity contribution in [2.45, 2.75) is 13.5 Å². The lowest BCUT2D eigenvalue weighted by Crippen LogP contribution is -1.99. The minimum absolute atomic E-state index is 0.456. The maximum atomic E-state index is 5.91. The molecule has 0 amide bonds. The fraction of sp³-hybridized carbons (Fsp3) is 0.143. The van der Waals surface area contributed by atoms with Crippen LogP contribution in [0.3, 0.4) is 0 Å². The van der Waals surface area contributed by atoms with E-state index in [1.807, 2.05) is 43.3 Å². The Morgan fingerprint density at radius 2 is 2.00 bits per heavy atom. The lowest BCUT2D eigenvalue weighted by atomic mass is 10.1. The van der Waals surface area contributed by atoms with Crippen LogP contribution in [0.4, 0.5) is 0 Å². The molecule has 2 aromatic carbocycles. The first-order chi connectivity index (χ1) is 8.19. The molecule has 0 atom stereocenters. The first-order valence-corrected chi connectivity index (χ1v) is 5.80. The molecular weight excluding hydrogens is 234 g/mol. The maximum absolute atomic E-state index is 5.91. The zero-order valence-electron chi connectivity index (χ0n) is 9.61. The van der Waals surface area contributed by atoms with Crippen molar-refractivity contribution in [1.29, 1.82) is 0 Å². The molecule has 0 spiro atoms. The molecule has 2 N–H and O–H groups in total. The number of aryl methyl sites for hydroxylation is 1. The molecule has 0 heterocycles. The lowest BCUT2D eigenvalue weighted by molar-refractivity contribution is 0.476. The van der Waals surface area contributed by atoms with Gasteiger partial charge in [-0.25, -0.2) is 0 Å². The van der Waals surface area contributed by atoms with Crippen LogP contribution < -0.4 is 10.5 Å². The fourth-order valence-electron chi connectivity index (χ4n) is 1.62. The largest absolute Gasteiger partial charge is 0.457 e. The second-order valence-electron chi connectivity index (χ2n) is 3.87. The van der Waals surface area contributed by atoms with Crippen LogP contribution in [0.5, 0.6) is 11.5 Å². The number of rotatable bonds is 3. The predicted octanol–water partition coefficient (Wildman–Crippen LogP) is 3.90. The molecule has 0 aromatic heterocycles. The number of nitrogens with two attached hydrogens (primary N) is 1. The molecule has 0 radical (unpaired) electrons. The van der Waals surface area contributed by atoms with E-state index in [0.717, 1.165) is 17.1 Å². The molecule has 2 rings (SSSR count). The Morgan fingerprint density at radius 1 is 1.18 bits per heavy atom. The standard InChI is InChI=1S/C14H14ClNO/c1-10-5-6-14(11(7-10)9-16)17-13-4-2-3-12(15)8-13/h2-8H,9,16H2,1H3. The molecule has 0 saturated heterocycles. The number of benzene rings is 2. The van der Waals surface area contributed by atoms with E-state index in [2.05, 4.69) is 0 Å². The van der Waals surface area contributed by atoms with Gasteiger partial charge in [0.05, 0.1) is 0 Å². The van der Waals surface area contributed by atoms with Crippen LogP contribution in [0.1, 0.15) is 11.1 Å². The molecule has 0 saturated carbocycles.